The molecule has 27 heavy (non-hydrogen) atoms. The van der Waals surface area contributed by atoms with E-state index in [1.807, 2.05) is 18.2 Å². The van der Waals surface area contributed by atoms with Gasteiger partial charge in [-0.1, -0.05) is 29.8 Å². The fraction of sp³-hybridized carbons (Fsp3) is 0.316. The summed E-state index contributed by atoms with van der Waals surface area (Å²) >= 11 is 6.32. The molecule has 1 N–H and O–H groups in total. The average molecular weight is 397 g/mol. The van der Waals surface area contributed by atoms with Crippen molar-refractivity contribution in [2.24, 2.45) is 0 Å². The predicted octanol–water partition coefficient (Wildman–Crippen LogP) is 3.74. The molecule has 0 spiro atoms. The number of hydrogen-bond donors (Lipinski definition) is 1. The number of ether oxygens (including phenoxy) is 2. The first-order valence-corrected chi connectivity index (χ1v) is 8.78. The van der Waals surface area contributed by atoms with Crippen LogP contribution in [-0.4, -0.2) is 44.2 Å². The third kappa shape index (κ3) is 4.31. The van der Waals surface area contributed by atoms with Crippen LogP contribution in [0.2, 0.25) is 5.02 Å². The van der Waals surface area contributed by atoms with E-state index in [0.29, 0.717) is 30.2 Å². The highest BCUT2D eigenvalue weighted by atomic mass is 35.5. The number of nitrogens with zero attached hydrogens (tertiary/aromatic N) is 1. The first-order valence-electron chi connectivity index (χ1n) is 8.40. The molecule has 0 saturated carbocycles. The number of hydrogen-bond acceptors (Lipinski definition) is 4. The Bertz CT molecular complexity index is 819. The third-order valence-electron chi connectivity index (χ3n) is 4.40. The number of rotatable bonds is 5. The lowest BCUT2D eigenvalue weighted by molar-refractivity contribution is -0.0512. The molecular weight excluding hydrogens is 378 g/mol. The maximum Gasteiger partial charge on any atom is 0.387 e. The first-order chi connectivity index (χ1) is 13.0. The summed E-state index contributed by atoms with van der Waals surface area (Å²) in [5, 5.41) is 3.85. The van der Waals surface area contributed by atoms with Crippen LogP contribution in [0.15, 0.2) is 42.5 Å². The van der Waals surface area contributed by atoms with E-state index < -0.39 is 6.61 Å². The predicted molar refractivity (Wildman–Crippen MR) is 97.7 cm³/mol. The fourth-order valence-electron chi connectivity index (χ4n) is 3.13. The minimum absolute atomic E-state index is 0.0746. The molecular formula is C19H19ClF2N2O3. The molecule has 1 aliphatic heterocycles. The number of halogens is 3. The summed E-state index contributed by atoms with van der Waals surface area (Å²) in [6, 6.07) is 11.3. The topological polar surface area (TPSA) is 50.8 Å². The molecule has 1 atom stereocenters. The van der Waals surface area contributed by atoms with Crippen LogP contribution in [0.5, 0.6) is 11.5 Å². The summed E-state index contributed by atoms with van der Waals surface area (Å²) in [6.45, 7) is -1.26. The minimum Gasteiger partial charge on any atom is -0.493 e. The summed E-state index contributed by atoms with van der Waals surface area (Å²) in [7, 11) is 1.33. The van der Waals surface area contributed by atoms with Crippen LogP contribution in [0.1, 0.15) is 22.0 Å². The van der Waals surface area contributed by atoms with Crippen LogP contribution in [0.4, 0.5) is 8.78 Å². The number of benzene rings is 2. The molecule has 144 valence electrons. The zero-order chi connectivity index (χ0) is 19.4. The highest BCUT2D eigenvalue weighted by Crippen LogP contribution is 2.33. The quantitative estimate of drug-likeness (QED) is 0.836. The molecule has 0 bridgehead atoms. The van der Waals surface area contributed by atoms with Crippen molar-refractivity contribution in [1.82, 2.24) is 10.2 Å². The second-order valence-electron chi connectivity index (χ2n) is 5.98. The average Bonchev–Trinajstić information content (AvgIpc) is 2.68. The van der Waals surface area contributed by atoms with Crippen molar-refractivity contribution in [3.63, 3.8) is 0 Å². The Kier molecular flexibility index (Phi) is 6.13. The molecule has 8 heteroatoms. The number of nitrogens with one attached hydrogen (secondary N) is 1. The van der Waals surface area contributed by atoms with Crippen molar-refractivity contribution in [3.05, 3.63) is 58.6 Å². The Morgan fingerprint density at radius 3 is 2.74 bits per heavy atom. The molecule has 1 fully saturated rings. The molecule has 1 heterocycles. The second kappa shape index (κ2) is 8.54. The van der Waals surface area contributed by atoms with Gasteiger partial charge in [-0.3, -0.25) is 4.79 Å². The zero-order valence-corrected chi connectivity index (χ0v) is 15.4. The number of carbonyl (C=O) groups is 1. The van der Waals surface area contributed by atoms with Gasteiger partial charge in [0.05, 0.1) is 13.2 Å². The van der Waals surface area contributed by atoms with E-state index in [2.05, 4.69) is 10.1 Å². The molecule has 0 aliphatic carbocycles. The molecule has 2 aromatic carbocycles. The van der Waals surface area contributed by atoms with E-state index in [0.717, 1.165) is 5.56 Å². The lowest BCUT2D eigenvalue weighted by Crippen LogP contribution is -2.48. The normalized spacial score (nSPS) is 17.1. The van der Waals surface area contributed by atoms with Gasteiger partial charge in [-0.25, -0.2) is 0 Å². The molecule has 0 aromatic heterocycles. The highest BCUT2D eigenvalue weighted by Gasteiger charge is 2.30. The van der Waals surface area contributed by atoms with Crippen molar-refractivity contribution in [2.75, 3.05) is 26.7 Å². The Balaban J connectivity index is 1.90. The smallest absolute Gasteiger partial charge is 0.387 e. The van der Waals surface area contributed by atoms with Gasteiger partial charge in [-0.2, -0.15) is 8.78 Å². The van der Waals surface area contributed by atoms with Crippen LogP contribution in [-0.2, 0) is 0 Å². The molecule has 1 aliphatic rings. The van der Waals surface area contributed by atoms with Gasteiger partial charge in [0.1, 0.15) is 0 Å². The molecule has 2 aromatic rings. The molecule has 1 unspecified atom stereocenters. The van der Waals surface area contributed by atoms with E-state index in [9.17, 15) is 13.6 Å². The monoisotopic (exact) mass is 396 g/mol. The van der Waals surface area contributed by atoms with E-state index in [-0.39, 0.29) is 23.4 Å². The Labute approximate surface area is 160 Å². The van der Waals surface area contributed by atoms with Crippen molar-refractivity contribution in [1.29, 1.82) is 0 Å². The number of piperazine rings is 1. The third-order valence-corrected chi connectivity index (χ3v) is 4.74. The summed E-state index contributed by atoms with van der Waals surface area (Å²) in [6.07, 6.45) is 0. The summed E-state index contributed by atoms with van der Waals surface area (Å²) in [5.74, 6) is -0.277. The van der Waals surface area contributed by atoms with E-state index in [4.69, 9.17) is 16.3 Å². The van der Waals surface area contributed by atoms with Gasteiger partial charge in [-0.15, -0.1) is 0 Å². The van der Waals surface area contributed by atoms with Gasteiger partial charge in [0.15, 0.2) is 11.5 Å². The van der Waals surface area contributed by atoms with Crippen molar-refractivity contribution < 1.29 is 23.0 Å². The van der Waals surface area contributed by atoms with E-state index >= 15 is 0 Å². The van der Waals surface area contributed by atoms with Crippen molar-refractivity contribution in [3.8, 4) is 11.5 Å². The van der Waals surface area contributed by atoms with Crippen molar-refractivity contribution in [2.45, 2.75) is 12.7 Å². The largest absolute Gasteiger partial charge is 0.493 e. The zero-order valence-electron chi connectivity index (χ0n) is 14.6. The number of alkyl halides is 2. The van der Waals surface area contributed by atoms with Gasteiger partial charge in [-0.05, 0) is 29.8 Å². The van der Waals surface area contributed by atoms with Gasteiger partial charge in [0.2, 0.25) is 0 Å². The molecule has 5 nitrogen and oxygen atoms in total. The Hall–Kier alpha value is -2.38. The van der Waals surface area contributed by atoms with Gasteiger partial charge in [0, 0.05) is 30.2 Å². The first kappa shape index (κ1) is 19.4. The van der Waals surface area contributed by atoms with E-state index in [1.54, 1.807) is 11.0 Å². The standard InChI is InChI=1S/C19H19ClF2N2O3/c1-26-17-10-12(6-7-16(17)27-19(21)22)18(25)24-9-8-23-11-15(24)13-4-2-3-5-14(13)20/h2-7,10,15,19,23H,8-9,11H2,1H3. The van der Waals surface area contributed by atoms with Gasteiger partial charge in [0.25, 0.3) is 5.91 Å². The van der Waals surface area contributed by atoms with Crippen LogP contribution in [0.3, 0.4) is 0 Å². The SMILES string of the molecule is COc1cc(C(=O)N2CCNCC2c2ccccc2Cl)ccc1OC(F)F. The molecule has 1 saturated heterocycles. The lowest BCUT2D eigenvalue weighted by atomic mass is 10.0. The summed E-state index contributed by atoms with van der Waals surface area (Å²) in [4.78, 5) is 14.8. The van der Waals surface area contributed by atoms with Crippen LogP contribution >= 0.6 is 11.6 Å². The Morgan fingerprint density at radius 1 is 1.26 bits per heavy atom. The van der Waals surface area contributed by atoms with Crippen LogP contribution in [0, 0.1) is 0 Å². The molecule has 0 radical (unpaired) electrons. The number of amides is 1. The van der Waals surface area contributed by atoms with E-state index in [1.165, 1.54) is 25.3 Å². The van der Waals surface area contributed by atoms with Gasteiger partial charge >= 0.3 is 6.61 Å². The maximum atomic E-state index is 13.1. The number of carbonyl (C=O) groups excluding carboxylic acids is 1. The number of methoxy groups -OCH3 is 1. The second-order valence-corrected chi connectivity index (χ2v) is 6.39. The lowest BCUT2D eigenvalue weighted by Gasteiger charge is -2.37. The maximum absolute atomic E-state index is 13.1. The van der Waals surface area contributed by atoms with Crippen LogP contribution in [0.25, 0.3) is 0 Å². The van der Waals surface area contributed by atoms with Crippen molar-refractivity contribution >= 4 is 17.5 Å². The highest BCUT2D eigenvalue weighted by molar-refractivity contribution is 6.31. The molecule has 3 rings (SSSR count). The van der Waals surface area contributed by atoms with Crippen LogP contribution < -0.4 is 14.8 Å². The Morgan fingerprint density at radius 2 is 2.04 bits per heavy atom. The summed E-state index contributed by atoms with van der Waals surface area (Å²) in [5.41, 5.74) is 1.18. The molecule has 1 amide bonds. The fourth-order valence-corrected chi connectivity index (χ4v) is 3.39. The van der Waals surface area contributed by atoms with Gasteiger partial charge < -0.3 is 19.7 Å². The minimum atomic E-state index is -2.97. The summed E-state index contributed by atoms with van der Waals surface area (Å²) < 4.78 is 34.5.